The molecule has 4 atom stereocenters. The van der Waals surface area contributed by atoms with Gasteiger partial charge in [0.1, 0.15) is 40.9 Å². The van der Waals surface area contributed by atoms with Gasteiger partial charge in [-0.05, 0) is 87.3 Å². The molecule has 2 aromatic carbocycles. The first kappa shape index (κ1) is 53.7. The quantitative estimate of drug-likeness (QED) is 0.0706. The van der Waals surface area contributed by atoms with E-state index in [0.29, 0.717) is 29.8 Å². The number of hydrogen-bond acceptors (Lipinski definition) is 10. The molecular formula is C45H41ClF10N8O6S3. The van der Waals surface area contributed by atoms with Gasteiger partial charge in [-0.25, -0.2) is 35.4 Å². The van der Waals surface area contributed by atoms with Crippen LogP contribution in [0.2, 0.25) is 5.02 Å². The number of nitrogens with one attached hydrogen (secondary N) is 1. The lowest BCUT2D eigenvalue weighted by Crippen LogP contribution is -2.48. The molecule has 2 aliphatic carbocycles. The number of pyridine rings is 1. The van der Waals surface area contributed by atoms with E-state index in [2.05, 4.69) is 45.0 Å². The van der Waals surface area contributed by atoms with Crippen LogP contribution in [-0.2, 0) is 56.3 Å². The second-order valence-corrected chi connectivity index (χ2v) is 23.7. The molecule has 14 nitrogen and oxygen atoms in total. The van der Waals surface area contributed by atoms with Crippen LogP contribution in [0.15, 0.2) is 42.5 Å². The number of likely N-dealkylation sites (tertiary alicyclic amines) is 1. The zero-order chi connectivity index (χ0) is 53.7. The first-order chi connectivity index (χ1) is 33.7. The molecule has 0 radical (unpaired) electrons. The Morgan fingerprint density at radius 2 is 1.63 bits per heavy atom. The van der Waals surface area contributed by atoms with Crippen LogP contribution in [0.4, 0.5) is 54.5 Å². The number of carbonyl (C=O) groups excluding carboxylic acids is 2. The van der Waals surface area contributed by atoms with Crippen molar-refractivity contribution in [2.75, 3.05) is 29.1 Å². The fourth-order valence-electron chi connectivity index (χ4n) is 9.18. The molecule has 4 heterocycles. The molecule has 1 saturated heterocycles. The third-order valence-corrected chi connectivity index (χ3v) is 16.5. The summed E-state index contributed by atoms with van der Waals surface area (Å²) in [6.45, 7) is -0.688. The Labute approximate surface area is 420 Å². The average molecular weight is 1110 g/mol. The third kappa shape index (κ3) is 10.4. The van der Waals surface area contributed by atoms with Crippen molar-refractivity contribution in [3.63, 3.8) is 0 Å². The number of hydrogen-bond donors (Lipinski definition) is 2. The standard InChI is InChI=1S/C45H41ClF10N8O6S3/c1-42(2,72(3,67)68)12-11-25-7-8-27(28-9-10-31(46)35-37(28)63(21-43(49,50)51)60-40(35)64(73(4,69)70)41(66)61-13-5-6-26(61)20-71)36(57-25)32(16-22-14-23(47)17-24(48)15-22)58-33(65)19-62-39-34(38(59-62)45(54,55)56)29-18-30(29)44(39,52)53/h7-10,14-15,17,26,29-30,32,71H,5-6,13,16,18-21H2,1-4H3,(H,58,65)/t26-,29-,30+,32-/m0/s1. The van der Waals surface area contributed by atoms with Crippen LogP contribution in [0, 0.1) is 29.4 Å². The number of rotatable bonds is 12. The van der Waals surface area contributed by atoms with E-state index < -0.39 is 154 Å². The van der Waals surface area contributed by atoms with Crippen LogP contribution < -0.4 is 9.62 Å². The van der Waals surface area contributed by atoms with Gasteiger partial charge in [0, 0.05) is 53.3 Å². The second kappa shape index (κ2) is 18.7. The third-order valence-electron chi connectivity index (χ3n) is 12.8. The molecule has 1 saturated carbocycles. The Kier molecular flexibility index (Phi) is 13.7. The number of sulfone groups is 1. The van der Waals surface area contributed by atoms with Gasteiger partial charge in [-0.15, -0.1) is 0 Å². The number of anilines is 1. The predicted octanol–water partition coefficient (Wildman–Crippen LogP) is 8.57. The average Bonchev–Trinajstić information content (AvgIpc) is 3.47. The van der Waals surface area contributed by atoms with Gasteiger partial charge in [-0.2, -0.15) is 62.3 Å². The van der Waals surface area contributed by atoms with Gasteiger partial charge < -0.3 is 10.2 Å². The maximum absolute atomic E-state index is 15.6. The summed E-state index contributed by atoms with van der Waals surface area (Å²) in [5.74, 6) is -5.73. The van der Waals surface area contributed by atoms with Crippen LogP contribution in [0.25, 0.3) is 22.0 Å². The lowest BCUT2D eigenvalue weighted by atomic mass is 9.93. The zero-order valence-corrected chi connectivity index (χ0v) is 41.8. The van der Waals surface area contributed by atoms with Gasteiger partial charge in [0.05, 0.1) is 33.9 Å². The number of amides is 3. The maximum Gasteiger partial charge on any atom is 0.435 e. The summed E-state index contributed by atoms with van der Waals surface area (Å²) < 4.78 is 199. The number of alkyl halides is 8. The number of fused-ring (bicyclic) bond motifs is 4. The van der Waals surface area contributed by atoms with Crippen molar-refractivity contribution in [3.8, 4) is 23.0 Å². The van der Waals surface area contributed by atoms with E-state index in [9.17, 15) is 61.5 Å². The van der Waals surface area contributed by atoms with Crippen LogP contribution >= 0.6 is 24.2 Å². The summed E-state index contributed by atoms with van der Waals surface area (Å²) in [6, 6.07) is 3.20. The lowest BCUT2D eigenvalue weighted by Gasteiger charge is -2.29. The fraction of sp³-hybridized carbons (Fsp3) is 0.444. The highest BCUT2D eigenvalue weighted by atomic mass is 35.5. The topological polar surface area (TPSA) is 169 Å². The number of carbonyl (C=O) groups is 2. The predicted molar refractivity (Wildman–Crippen MR) is 249 cm³/mol. The lowest BCUT2D eigenvalue weighted by molar-refractivity contribution is -0.143. The molecule has 3 aromatic heterocycles. The Bertz CT molecular complexity index is 3370. The van der Waals surface area contributed by atoms with Crippen LogP contribution in [-0.4, -0.2) is 100.0 Å². The number of aromatic nitrogens is 5. The van der Waals surface area contributed by atoms with Gasteiger partial charge >= 0.3 is 18.4 Å². The largest absolute Gasteiger partial charge is 0.435 e. The minimum Gasteiger partial charge on any atom is -0.346 e. The second-order valence-electron chi connectivity index (χ2n) is 18.5. The Morgan fingerprint density at radius 3 is 2.23 bits per heavy atom. The molecule has 2 fully saturated rings. The van der Waals surface area contributed by atoms with Crippen molar-refractivity contribution in [1.29, 1.82) is 0 Å². The smallest absolute Gasteiger partial charge is 0.346 e. The molecule has 8 rings (SSSR count). The van der Waals surface area contributed by atoms with Gasteiger partial charge in [-0.3, -0.25) is 14.2 Å². The van der Waals surface area contributed by atoms with E-state index in [1.807, 2.05) is 0 Å². The number of nitrogens with zero attached hydrogens (tertiary/aromatic N) is 7. The molecule has 3 aliphatic rings. The van der Waals surface area contributed by atoms with E-state index in [4.69, 9.17) is 11.6 Å². The molecule has 28 heteroatoms. The van der Waals surface area contributed by atoms with E-state index in [1.54, 1.807) is 0 Å². The molecule has 0 spiro atoms. The summed E-state index contributed by atoms with van der Waals surface area (Å²) in [6.07, 6.45) is -8.93. The summed E-state index contributed by atoms with van der Waals surface area (Å²) in [5, 5.41) is 8.94. The van der Waals surface area contributed by atoms with Crippen LogP contribution in [0.5, 0.6) is 0 Å². The summed E-state index contributed by atoms with van der Waals surface area (Å²) >= 11 is 11.0. The highest BCUT2D eigenvalue weighted by molar-refractivity contribution is 7.93. The normalized spacial score (nSPS) is 19.1. The minimum atomic E-state index is -5.22. The van der Waals surface area contributed by atoms with E-state index in [-0.39, 0.29) is 50.1 Å². The van der Waals surface area contributed by atoms with Gasteiger partial charge in [0.2, 0.25) is 15.9 Å². The van der Waals surface area contributed by atoms with E-state index in [1.165, 1.54) is 30.9 Å². The van der Waals surface area contributed by atoms with Gasteiger partial charge in [0.15, 0.2) is 21.3 Å². The van der Waals surface area contributed by atoms with Crippen LogP contribution in [0.1, 0.15) is 79.0 Å². The monoisotopic (exact) mass is 1110 g/mol. The number of sulfonamides is 1. The van der Waals surface area contributed by atoms with Crippen molar-refractivity contribution in [1.82, 2.24) is 34.8 Å². The first-order valence-electron chi connectivity index (χ1n) is 21.9. The first-order valence-corrected chi connectivity index (χ1v) is 26.7. The summed E-state index contributed by atoms with van der Waals surface area (Å²) in [4.78, 5) is 34.2. The molecule has 0 bridgehead atoms. The minimum absolute atomic E-state index is 0.0417. The molecule has 73 heavy (non-hydrogen) atoms. The molecule has 1 N–H and O–H groups in total. The van der Waals surface area contributed by atoms with Crippen molar-refractivity contribution in [3.05, 3.63) is 93.0 Å². The number of halogens is 11. The van der Waals surface area contributed by atoms with E-state index in [0.717, 1.165) is 30.5 Å². The van der Waals surface area contributed by atoms with Crippen LogP contribution in [0.3, 0.4) is 0 Å². The van der Waals surface area contributed by atoms with Gasteiger partial charge in [0.25, 0.3) is 5.92 Å². The van der Waals surface area contributed by atoms with Crippen molar-refractivity contribution >= 4 is 72.7 Å². The molecular weight excluding hydrogens is 1070 g/mol. The Hall–Kier alpha value is -5.59. The number of thiol groups is 1. The van der Waals surface area contributed by atoms with Gasteiger partial charge in [-0.1, -0.05) is 23.6 Å². The molecule has 392 valence electrons. The molecule has 5 aromatic rings. The van der Waals surface area contributed by atoms with Crippen molar-refractivity contribution < 1.29 is 70.3 Å². The molecule has 1 aliphatic heterocycles. The highest BCUT2D eigenvalue weighted by Gasteiger charge is 2.68. The Balaban J connectivity index is 1.36. The van der Waals surface area contributed by atoms with E-state index >= 15 is 8.78 Å². The zero-order valence-electron chi connectivity index (χ0n) is 38.5. The summed E-state index contributed by atoms with van der Waals surface area (Å²) in [5.41, 5.74) is -5.67. The number of urea groups is 1. The fourth-order valence-corrected chi connectivity index (χ4v) is 10.9. The SMILES string of the molecule is CC(C)(C#Cc1ccc(-c2ccc(Cl)c3c(N(C(=O)N4CCC[C@H]4CS)S(C)(=O)=O)nn(CC(F)(F)F)c23)c([C@H](Cc2cc(F)cc(F)c2)NC(=O)Cn2nc(C(F)(F)F)c3c2C(F)(F)[C@@H]2C[C@H]32)n1)S(C)(=O)=O. The molecule has 0 unspecified atom stereocenters. The maximum atomic E-state index is 15.6. The molecule has 3 amide bonds. The summed E-state index contributed by atoms with van der Waals surface area (Å²) in [7, 11) is -8.65. The van der Waals surface area contributed by atoms with Crippen molar-refractivity contribution in [2.24, 2.45) is 5.92 Å². The van der Waals surface area contributed by atoms with Crippen molar-refractivity contribution in [2.45, 2.75) is 93.6 Å². The number of benzene rings is 2. The highest BCUT2D eigenvalue weighted by Crippen LogP contribution is 2.68. The Morgan fingerprint density at radius 1 is 0.973 bits per heavy atom.